The molecule has 0 spiro atoms. The highest BCUT2D eigenvalue weighted by molar-refractivity contribution is 9.11. The lowest BCUT2D eigenvalue weighted by Gasteiger charge is -2.33. The number of anilines is 1. The van der Waals surface area contributed by atoms with Crippen LogP contribution in [0.25, 0.3) is 0 Å². The molecule has 3 aromatic rings. The quantitative estimate of drug-likeness (QED) is 0.218. The van der Waals surface area contributed by atoms with E-state index in [2.05, 4.69) is 66.0 Å². The van der Waals surface area contributed by atoms with E-state index >= 15 is 0 Å². The van der Waals surface area contributed by atoms with Crippen LogP contribution in [0.1, 0.15) is 48.6 Å². The molecule has 0 saturated heterocycles. The van der Waals surface area contributed by atoms with Crippen LogP contribution in [-0.2, 0) is 19.1 Å². The number of nitrogens with two attached hydrogens (primary N) is 1. The van der Waals surface area contributed by atoms with Gasteiger partial charge in [-0.2, -0.15) is 0 Å². The lowest BCUT2D eigenvalue weighted by Crippen LogP contribution is -2.29. The molecular formula is C30H32Br3NO4. The topological polar surface area (TPSA) is 78.6 Å². The first-order valence-corrected chi connectivity index (χ1v) is 14.8. The van der Waals surface area contributed by atoms with E-state index < -0.39 is 0 Å². The second-order valence-corrected chi connectivity index (χ2v) is 12.2. The number of rotatable bonds is 4. The van der Waals surface area contributed by atoms with Crippen LogP contribution in [0.3, 0.4) is 0 Å². The molecule has 0 amide bonds. The third kappa shape index (κ3) is 8.95. The number of halogens is 3. The molecule has 2 aliphatic carbocycles. The summed E-state index contributed by atoms with van der Waals surface area (Å²) in [6.45, 7) is 0. The first kappa shape index (κ1) is 30.4. The van der Waals surface area contributed by atoms with E-state index in [0.29, 0.717) is 11.8 Å². The summed E-state index contributed by atoms with van der Waals surface area (Å²) in [6.07, 6.45) is 3.61. The largest absolute Gasteiger partial charge is 0.469 e. The molecule has 5 nitrogen and oxygen atoms in total. The van der Waals surface area contributed by atoms with Crippen molar-refractivity contribution in [1.29, 1.82) is 0 Å². The zero-order chi connectivity index (χ0) is 27.7. The first-order chi connectivity index (χ1) is 18.2. The molecule has 0 radical (unpaired) electrons. The van der Waals surface area contributed by atoms with Crippen molar-refractivity contribution in [3.8, 4) is 0 Å². The number of benzene rings is 3. The molecule has 0 aliphatic heterocycles. The zero-order valence-electron chi connectivity index (χ0n) is 21.4. The molecule has 0 atom stereocenters. The van der Waals surface area contributed by atoms with E-state index in [9.17, 15) is 9.59 Å². The smallest absolute Gasteiger partial charge is 0.308 e. The van der Waals surface area contributed by atoms with Crippen LogP contribution < -0.4 is 5.73 Å². The molecule has 5 rings (SSSR count). The Labute approximate surface area is 249 Å². The van der Waals surface area contributed by atoms with Crippen LogP contribution in [-0.4, -0.2) is 26.2 Å². The fourth-order valence-corrected chi connectivity index (χ4v) is 6.05. The number of nitrogen functional groups attached to an aromatic ring is 1. The van der Waals surface area contributed by atoms with Crippen LogP contribution in [0.2, 0.25) is 0 Å². The van der Waals surface area contributed by atoms with Crippen molar-refractivity contribution in [2.45, 2.75) is 37.5 Å². The summed E-state index contributed by atoms with van der Waals surface area (Å²) in [7, 11) is 2.89. The fraction of sp³-hybridized carbons (Fsp3) is 0.333. The molecule has 2 aliphatic rings. The first-order valence-electron chi connectivity index (χ1n) is 12.4. The number of carbonyl (C=O) groups is 2. The Morgan fingerprint density at radius 3 is 1.42 bits per heavy atom. The maximum Gasteiger partial charge on any atom is 0.308 e. The van der Waals surface area contributed by atoms with Gasteiger partial charge in [0.15, 0.2) is 0 Å². The standard InChI is InChI=1S/C12H13BrO2.C12H15NO2.C6H4Br2/c2*1-15-12(14)10-5-9(6-10)8-3-2-4-11(13)7-8;7-5-2-1-3-6(8)4-5/h2-4,7,9-10H,5-6H2,1H3;2-4,7,9-10H,5-6,13H2,1H3;1-4H. The maximum absolute atomic E-state index is 11.2. The summed E-state index contributed by atoms with van der Waals surface area (Å²) in [5.41, 5.74) is 9.03. The van der Waals surface area contributed by atoms with Gasteiger partial charge in [0.2, 0.25) is 0 Å². The number of hydrogen-bond donors (Lipinski definition) is 1. The van der Waals surface area contributed by atoms with Gasteiger partial charge >= 0.3 is 11.9 Å². The average Bonchev–Trinajstić information content (AvgIpc) is 2.83. The van der Waals surface area contributed by atoms with Crippen molar-refractivity contribution in [2.75, 3.05) is 20.0 Å². The summed E-state index contributed by atoms with van der Waals surface area (Å²) in [5, 5.41) is 0. The minimum atomic E-state index is -0.0878. The van der Waals surface area contributed by atoms with Gasteiger partial charge in [-0.25, -0.2) is 0 Å². The van der Waals surface area contributed by atoms with Gasteiger partial charge in [-0.3, -0.25) is 9.59 Å². The second kappa shape index (κ2) is 14.8. The van der Waals surface area contributed by atoms with Crippen molar-refractivity contribution >= 4 is 65.4 Å². The van der Waals surface area contributed by atoms with Crippen LogP contribution in [0.4, 0.5) is 5.69 Å². The van der Waals surface area contributed by atoms with Gasteiger partial charge in [0.1, 0.15) is 0 Å². The van der Waals surface area contributed by atoms with Gasteiger partial charge in [0, 0.05) is 19.1 Å². The highest BCUT2D eigenvalue weighted by Crippen LogP contribution is 2.43. The van der Waals surface area contributed by atoms with Gasteiger partial charge in [-0.05, 0) is 91.1 Å². The van der Waals surface area contributed by atoms with Gasteiger partial charge < -0.3 is 15.2 Å². The van der Waals surface area contributed by atoms with E-state index in [4.69, 9.17) is 15.2 Å². The molecule has 8 heteroatoms. The molecule has 0 heterocycles. The van der Waals surface area contributed by atoms with Crippen molar-refractivity contribution in [1.82, 2.24) is 0 Å². The SMILES string of the molecule is Brc1cccc(Br)c1.COC(=O)C1CC(c2cccc(Br)c2)C1.COC(=O)C1CC(c2cccc(N)c2)C1. The fourth-order valence-electron chi connectivity index (χ4n) is 4.53. The Morgan fingerprint density at radius 2 is 1.05 bits per heavy atom. The Balaban J connectivity index is 0.000000166. The summed E-state index contributed by atoms with van der Waals surface area (Å²) < 4.78 is 12.7. The lowest BCUT2D eigenvalue weighted by molar-refractivity contribution is -0.149. The minimum Gasteiger partial charge on any atom is -0.469 e. The van der Waals surface area contributed by atoms with Gasteiger partial charge in [-0.15, -0.1) is 0 Å². The average molecular weight is 710 g/mol. The molecule has 0 bridgehead atoms. The minimum absolute atomic E-state index is 0.0683. The summed E-state index contributed by atoms with van der Waals surface area (Å²) >= 11 is 10.1. The molecule has 0 aromatic heterocycles. The molecule has 2 fully saturated rings. The van der Waals surface area contributed by atoms with Crippen molar-refractivity contribution in [3.63, 3.8) is 0 Å². The zero-order valence-corrected chi connectivity index (χ0v) is 26.2. The van der Waals surface area contributed by atoms with Crippen LogP contribution in [0.5, 0.6) is 0 Å². The monoisotopic (exact) mass is 707 g/mol. The normalized spacial score (nSPS) is 21.2. The van der Waals surface area contributed by atoms with E-state index in [1.54, 1.807) is 0 Å². The number of hydrogen-bond acceptors (Lipinski definition) is 5. The van der Waals surface area contributed by atoms with Gasteiger partial charge in [0.05, 0.1) is 26.1 Å². The number of ether oxygens (including phenoxy) is 2. The predicted octanol–water partition coefficient (Wildman–Crippen LogP) is 8.26. The number of carbonyl (C=O) groups excluding carboxylic acids is 2. The van der Waals surface area contributed by atoms with Crippen molar-refractivity contribution < 1.29 is 19.1 Å². The van der Waals surface area contributed by atoms with E-state index in [1.807, 2.05) is 54.6 Å². The van der Waals surface area contributed by atoms with Gasteiger partial charge in [-0.1, -0.05) is 78.1 Å². The predicted molar refractivity (Wildman–Crippen MR) is 162 cm³/mol. The molecule has 202 valence electrons. The van der Waals surface area contributed by atoms with Crippen molar-refractivity contribution in [2.24, 2.45) is 11.8 Å². The molecule has 38 heavy (non-hydrogen) atoms. The Hall–Kier alpha value is -2.16. The summed E-state index contributed by atoms with van der Waals surface area (Å²) in [6, 6.07) is 24.1. The summed E-state index contributed by atoms with van der Waals surface area (Å²) in [5.74, 6) is 1.03. The number of methoxy groups -OCH3 is 2. The Kier molecular flexibility index (Phi) is 11.9. The van der Waals surface area contributed by atoms with Crippen molar-refractivity contribution in [3.05, 3.63) is 97.3 Å². The lowest BCUT2D eigenvalue weighted by atomic mass is 9.71. The Morgan fingerprint density at radius 1 is 0.658 bits per heavy atom. The molecule has 3 aromatic carbocycles. The molecule has 2 saturated carbocycles. The van der Waals surface area contributed by atoms with Gasteiger partial charge in [0.25, 0.3) is 0 Å². The van der Waals surface area contributed by atoms with E-state index in [1.165, 1.54) is 25.3 Å². The maximum atomic E-state index is 11.2. The van der Waals surface area contributed by atoms with Crippen LogP contribution in [0, 0.1) is 11.8 Å². The number of esters is 2. The summed E-state index contributed by atoms with van der Waals surface area (Å²) in [4.78, 5) is 22.4. The molecular weight excluding hydrogens is 678 g/mol. The third-order valence-electron chi connectivity index (χ3n) is 6.83. The van der Waals surface area contributed by atoms with Crippen LogP contribution >= 0.6 is 47.8 Å². The highest BCUT2D eigenvalue weighted by Gasteiger charge is 2.36. The second-order valence-electron chi connectivity index (χ2n) is 9.44. The van der Waals surface area contributed by atoms with Crippen LogP contribution in [0.15, 0.2) is 86.2 Å². The molecule has 2 N–H and O–H groups in total. The third-order valence-corrected chi connectivity index (χ3v) is 8.31. The van der Waals surface area contributed by atoms with E-state index in [0.717, 1.165) is 44.8 Å². The Bertz CT molecular complexity index is 1130. The molecule has 0 unspecified atom stereocenters. The van der Waals surface area contributed by atoms with E-state index in [-0.39, 0.29) is 23.8 Å². The highest BCUT2D eigenvalue weighted by atomic mass is 79.9.